The molecule has 0 aromatic carbocycles. The van der Waals surface area contributed by atoms with Crippen LogP contribution in [0.1, 0.15) is 6.92 Å². The molecule has 0 amide bonds. The molecule has 2 N–H and O–H groups in total. The summed E-state index contributed by atoms with van der Waals surface area (Å²) in [6.07, 6.45) is 1.05. The molecule has 0 heterocycles. The van der Waals surface area contributed by atoms with E-state index in [9.17, 15) is 4.79 Å². The largest absolute Gasteiger partial charge is 0.460 e. The summed E-state index contributed by atoms with van der Waals surface area (Å²) in [5, 5.41) is 15.7. The first-order valence-electron chi connectivity index (χ1n) is 3.23. The molecule has 0 saturated heterocycles. The molecule has 4 heteroatoms. The van der Waals surface area contributed by atoms with Crippen LogP contribution in [0, 0.1) is 0 Å². The van der Waals surface area contributed by atoms with Crippen LogP contribution in [0.2, 0.25) is 0 Å². The van der Waals surface area contributed by atoms with Gasteiger partial charge in [0.2, 0.25) is 0 Å². The lowest BCUT2D eigenvalue weighted by Crippen LogP contribution is -2.04. The van der Waals surface area contributed by atoms with E-state index in [2.05, 4.69) is 11.3 Å². The molecular formula is C7H14O4. The van der Waals surface area contributed by atoms with Crippen molar-refractivity contribution in [3.05, 3.63) is 12.7 Å². The van der Waals surface area contributed by atoms with E-state index in [-0.39, 0.29) is 19.8 Å². The minimum Gasteiger partial charge on any atom is -0.460 e. The fourth-order valence-corrected chi connectivity index (χ4v) is 0.205. The van der Waals surface area contributed by atoms with Crippen molar-refractivity contribution in [2.24, 2.45) is 0 Å². The van der Waals surface area contributed by atoms with E-state index >= 15 is 0 Å². The van der Waals surface area contributed by atoms with Crippen molar-refractivity contribution in [2.75, 3.05) is 19.8 Å². The standard InChI is InChI=1S/C5H8O3.C2H6O/c1-2-5(7)8-4-3-6;1-2-3/h2,6H,1,3-4H2;3H,2H2,1H3. The van der Waals surface area contributed by atoms with Gasteiger partial charge in [-0.3, -0.25) is 0 Å². The van der Waals surface area contributed by atoms with E-state index in [4.69, 9.17) is 10.2 Å². The number of hydrogen-bond acceptors (Lipinski definition) is 4. The zero-order chi connectivity index (χ0) is 9.11. The highest BCUT2D eigenvalue weighted by atomic mass is 16.5. The van der Waals surface area contributed by atoms with E-state index in [1.807, 2.05) is 0 Å². The Hall–Kier alpha value is -0.870. The Morgan fingerprint density at radius 1 is 1.64 bits per heavy atom. The van der Waals surface area contributed by atoms with Gasteiger partial charge < -0.3 is 14.9 Å². The summed E-state index contributed by atoms with van der Waals surface area (Å²) in [6, 6.07) is 0. The zero-order valence-electron chi connectivity index (χ0n) is 6.62. The SMILES string of the molecule is C=CC(=O)OCCO.CCO. The number of rotatable bonds is 3. The molecule has 0 aliphatic rings. The smallest absolute Gasteiger partial charge is 0.330 e. The van der Waals surface area contributed by atoms with Crippen LogP contribution in [0.5, 0.6) is 0 Å². The van der Waals surface area contributed by atoms with Crippen LogP contribution in [0.4, 0.5) is 0 Å². The summed E-state index contributed by atoms with van der Waals surface area (Å²) in [5.74, 6) is -0.501. The lowest BCUT2D eigenvalue weighted by Gasteiger charge is -1.94. The molecule has 0 spiro atoms. The van der Waals surface area contributed by atoms with Crippen molar-refractivity contribution in [3.63, 3.8) is 0 Å². The maximum Gasteiger partial charge on any atom is 0.330 e. The molecule has 0 aromatic heterocycles. The van der Waals surface area contributed by atoms with Crippen LogP contribution < -0.4 is 0 Å². The molecule has 0 atom stereocenters. The normalized spacial score (nSPS) is 7.55. The van der Waals surface area contributed by atoms with E-state index in [1.54, 1.807) is 6.92 Å². The fraction of sp³-hybridized carbons (Fsp3) is 0.571. The topological polar surface area (TPSA) is 66.8 Å². The molecule has 0 fully saturated rings. The number of carbonyl (C=O) groups is 1. The maximum atomic E-state index is 10.1. The van der Waals surface area contributed by atoms with E-state index in [0.29, 0.717) is 0 Å². The molecule has 0 aliphatic heterocycles. The minimum absolute atomic E-state index is 0.0465. The van der Waals surface area contributed by atoms with Crippen LogP contribution in [0.3, 0.4) is 0 Å². The van der Waals surface area contributed by atoms with E-state index in [1.165, 1.54) is 0 Å². The van der Waals surface area contributed by atoms with E-state index in [0.717, 1.165) is 6.08 Å². The second-order valence-electron chi connectivity index (χ2n) is 1.41. The maximum absolute atomic E-state index is 10.1. The molecule has 11 heavy (non-hydrogen) atoms. The summed E-state index contributed by atoms with van der Waals surface area (Å²) in [4.78, 5) is 10.1. The lowest BCUT2D eigenvalue weighted by molar-refractivity contribution is -0.138. The molecular weight excluding hydrogens is 148 g/mol. The van der Waals surface area contributed by atoms with Gasteiger partial charge in [0.05, 0.1) is 6.61 Å². The van der Waals surface area contributed by atoms with Gasteiger partial charge >= 0.3 is 5.97 Å². The van der Waals surface area contributed by atoms with Crippen LogP contribution in [0.15, 0.2) is 12.7 Å². The Morgan fingerprint density at radius 2 is 2.09 bits per heavy atom. The van der Waals surface area contributed by atoms with Gasteiger partial charge in [-0.05, 0) is 6.92 Å². The number of esters is 1. The van der Waals surface area contributed by atoms with Gasteiger partial charge in [-0.15, -0.1) is 0 Å². The Balaban J connectivity index is 0. The second kappa shape index (κ2) is 11.9. The average molecular weight is 162 g/mol. The van der Waals surface area contributed by atoms with Crippen molar-refractivity contribution >= 4 is 5.97 Å². The number of hydrogen-bond donors (Lipinski definition) is 2. The van der Waals surface area contributed by atoms with Gasteiger partial charge in [-0.1, -0.05) is 6.58 Å². The molecule has 0 unspecified atom stereocenters. The molecule has 0 radical (unpaired) electrons. The first-order valence-corrected chi connectivity index (χ1v) is 3.23. The van der Waals surface area contributed by atoms with Crippen LogP contribution in [-0.2, 0) is 9.53 Å². The molecule has 0 aromatic rings. The molecule has 0 bridgehead atoms. The van der Waals surface area contributed by atoms with Gasteiger partial charge in [0.15, 0.2) is 0 Å². The summed E-state index contributed by atoms with van der Waals surface area (Å²) in [7, 11) is 0. The summed E-state index contributed by atoms with van der Waals surface area (Å²) >= 11 is 0. The molecule has 0 rings (SSSR count). The molecule has 0 aliphatic carbocycles. The molecule has 66 valence electrons. The Labute approximate surface area is 66.1 Å². The Kier molecular flexibility index (Phi) is 13.8. The monoisotopic (exact) mass is 162 g/mol. The van der Waals surface area contributed by atoms with Crippen molar-refractivity contribution in [1.82, 2.24) is 0 Å². The minimum atomic E-state index is -0.501. The Morgan fingerprint density at radius 3 is 2.36 bits per heavy atom. The third kappa shape index (κ3) is 17.6. The van der Waals surface area contributed by atoms with Gasteiger partial charge in [0.1, 0.15) is 6.61 Å². The quantitative estimate of drug-likeness (QED) is 0.442. The highest BCUT2D eigenvalue weighted by molar-refractivity contribution is 5.81. The lowest BCUT2D eigenvalue weighted by atomic mass is 10.6. The van der Waals surface area contributed by atoms with Gasteiger partial charge in [0, 0.05) is 12.7 Å². The van der Waals surface area contributed by atoms with Crippen molar-refractivity contribution in [2.45, 2.75) is 6.92 Å². The number of carbonyl (C=O) groups excluding carboxylic acids is 1. The zero-order valence-corrected chi connectivity index (χ0v) is 6.62. The van der Waals surface area contributed by atoms with E-state index < -0.39 is 5.97 Å². The van der Waals surface area contributed by atoms with Crippen molar-refractivity contribution in [1.29, 1.82) is 0 Å². The third-order valence-electron chi connectivity index (χ3n) is 0.502. The Bertz CT molecular complexity index is 101. The second-order valence-corrected chi connectivity index (χ2v) is 1.41. The van der Waals surface area contributed by atoms with Gasteiger partial charge in [0.25, 0.3) is 0 Å². The first-order chi connectivity index (χ1) is 5.22. The fourth-order valence-electron chi connectivity index (χ4n) is 0.205. The first kappa shape index (κ1) is 12.8. The molecule has 0 saturated carbocycles. The predicted molar refractivity (Wildman–Crippen MR) is 41.0 cm³/mol. The predicted octanol–water partition coefficient (Wildman–Crippen LogP) is -0.294. The highest BCUT2D eigenvalue weighted by Crippen LogP contribution is 1.75. The summed E-state index contributed by atoms with van der Waals surface area (Å²) in [6.45, 7) is 5.00. The summed E-state index contributed by atoms with van der Waals surface area (Å²) < 4.78 is 4.33. The van der Waals surface area contributed by atoms with Crippen LogP contribution in [0.25, 0.3) is 0 Å². The number of ether oxygens (including phenoxy) is 1. The van der Waals surface area contributed by atoms with Gasteiger partial charge in [-0.25, -0.2) is 4.79 Å². The average Bonchev–Trinajstić information content (AvgIpc) is 2.02. The third-order valence-corrected chi connectivity index (χ3v) is 0.502. The highest BCUT2D eigenvalue weighted by Gasteiger charge is 1.90. The van der Waals surface area contributed by atoms with Crippen molar-refractivity contribution in [3.8, 4) is 0 Å². The summed E-state index contributed by atoms with van der Waals surface area (Å²) in [5.41, 5.74) is 0. The van der Waals surface area contributed by atoms with Crippen LogP contribution >= 0.6 is 0 Å². The number of aliphatic hydroxyl groups is 2. The van der Waals surface area contributed by atoms with Crippen molar-refractivity contribution < 1.29 is 19.7 Å². The van der Waals surface area contributed by atoms with Gasteiger partial charge in [-0.2, -0.15) is 0 Å². The van der Waals surface area contributed by atoms with Crippen LogP contribution in [-0.4, -0.2) is 36.0 Å². The molecule has 4 nitrogen and oxygen atoms in total. The number of aliphatic hydroxyl groups excluding tert-OH is 2.